The van der Waals surface area contributed by atoms with E-state index in [0.717, 1.165) is 10.6 Å². The Morgan fingerprint density at radius 2 is 1.83 bits per heavy atom. The maximum atomic E-state index is 12.3. The van der Waals surface area contributed by atoms with Crippen LogP contribution >= 0.6 is 23.5 Å². The number of hydrogen-bond acceptors (Lipinski definition) is 5. The fraction of sp³-hybridized carbons (Fsp3) is 0.261. The monoisotopic (exact) mass is 439 g/mol. The molecule has 7 heteroatoms. The van der Waals surface area contributed by atoms with E-state index in [0.29, 0.717) is 22.8 Å². The Hall–Kier alpha value is -2.51. The number of nitrogens with one attached hydrogen (secondary N) is 2. The van der Waals surface area contributed by atoms with Crippen LogP contribution in [0.25, 0.3) is 0 Å². The average molecular weight is 440 g/mol. The number of thioether (sulfide) groups is 1. The third kappa shape index (κ3) is 5.77. The molecule has 0 radical (unpaired) electrons. The molecule has 0 bridgehead atoms. The van der Waals surface area contributed by atoms with Crippen molar-refractivity contribution < 1.29 is 4.79 Å². The highest BCUT2D eigenvalue weighted by Gasteiger charge is 2.11. The van der Waals surface area contributed by atoms with Crippen LogP contribution < -0.4 is 10.9 Å². The quantitative estimate of drug-likeness (QED) is 0.394. The Balaban J connectivity index is 1.58. The zero-order chi connectivity index (χ0) is 21.7. The Morgan fingerprint density at radius 1 is 1.10 bits per heavy atom. The Morgan fingerprint density at radius 3 is 2.47 bits per heavy atom. The van der Waals surface area contributed by atoms with Crippen molar-refractivity contribution in [2.45, 2.75) is 48.6 Å². The topological polar surface area (TPSA) is 74.8 Å². The number of aryl methyl sites for hydroxylation is 3. The summed E-state index contributed by atoms with van der Waals surface area (Å²) < 4.78 is 0. The molecule has 0 aliphatic carbocycles. The molecule has 5 nitrogen and oxygen atoms in total. The number of carbonyl (C=O) groups excluding carboxylic acids is 1. The molecular weight excluding hydrogens is 414 g/mol. The number of rotatable bonds is 7. The van der Waals surface area contributed by atoms with Crippen LogP contribution in [0.3, 0.4) is 0 Å². The zero-order valence-corrected chi connectivity index (χ0v) is 19.2. The van der Waals surface area contributed by atoms with Gasteiger partial charge in [0.2, 0.25) is 5.91 Å². The predicted octanol–water partition coefficient (Wildman–Crippen LogP) is 5.14. The number of nitrogens with zero attached hydrogens (tertiary/aromatic N) is 1. The molecule has 0 atom stereocenters. The lowest BCUT2D eigenvalue weighted by molar-refractivity contribution is -0.116. The molecule has 3 aromatic rings. The van der Waals surface area contributed by atoms with Crippen LogP contribution in [0.5, 0.6) is 0 Å². The van der Waals surface area contributed by atoms with Gasteiger partial charge in [0.25, 0.3) is 5.56 Å². The van der Waals surface area contributed by atoms with Gasteiger partial charge in [-0.2, -0.15) is 0 Å². The lowest BCUT2D eigenvalue weighted by Crippen LogP contribution is -2.20. The second kappa shape index (κ2) is 10.00. The second-order valence-electron chi connectivity index (χ2n) is 7.08. The second-order valence-corrected chi connectivity index (χ2v) is 8.99. The molecular formula is C23H25N3O2S2. The van der Waals surface area contributed by atoms with Gasteiger partial charge in [-0.1, -0.05) is 41.2 Å². The molecule has 0 aliphatic rings. The fourth-order valence-electron chi connectivity index (χ4n) is 3.08. The lowest BCUT2D eigenvalue weighted by atomic mass is 10.1. The number of benzene rings is 2. The average Bonchev–Trinajstić information content (AvgIpc) is 2.70. The van der Waals surface area contributed by atoms with Crippen molar-refractivity contribution in [3.63, 3.8) is 0 Å². The molecule has 30 heavy (non-hydrogen) atoms. The maximum Gasteiger partial charge on any atom is 0.254 e. The number of anilines is 1. The third-order valence-electron chi connectivity index (χ3n) is 4.69. The van der Waals surface area contributed by atoms with Crippen LogP contribution in [-0.2, 0) is 11.2 Å². The first-order chi connectivity index (χ1) is 14.4. The van der Waals surface area contributed by atoms with E-state index >= 15 is 0 Å². The summed E-state index contributed by atoms with van der Waals surface area (Å²) in [4.78, 5) is 33.9. The van der Waals surface area contributed by atoms with Crippen molar-refractivity contribution in [2.75, 3.05) is 11.6 Å². The summed E-state index contributed by atoms with van der Waals surface area (Å²) >= 11 is 3.09. The molecule has 2 aromatic carbocycles. The number of H-pyrrole nitrogens is 1. The number of amides is 1. The van der Waals surface area contributed by atoms with Crippen molar-refractivity contribution in [3.05, 3.63) is 75.2 Å². The van der Waals surface area contributed by atoms with Gasteiger partial charge in [-0.05, 0) is 69.3 Å². The van der Waals surface area contributed by atoms with Crippen molar-refractivity contribution in [1.82, 2.24) is 9.97 Å². The third-order valence-corrected chi connectivity index (χ3v) is 6.46. The highest BCUT2D eigenvalue weighted by Crippen LogP contribution is 2.31. The number of hydrogen-bond donors (Lipinski definition) is 2. The molecule has 1 aromatic heterocycles. The molecule has 0 saturated carbocycles. The molecule has 156 valence electrons. The SMILES string of the molecule is CSc1nc(C)c(CCC(=O)Nc2ccc(Sc3ccc(C)cc3C)cc2)c(=O)[nH]1. The van der Waals surface area contributed by atoms with Gasteiger partial charge in [-0.3, -0.25) is 9.59 Å². The van der Waals surface area contributed by atoms with Crippen molar-refractivity contribution in [3.8, 4) is 0 Å². The molecule has 0 aliphatic heterocycles. The van der Waals surface area contributed by atoms with E-state index in [1.165, 1.54) is 27.8 Å². The van der Waals surface area contributed by atoms with E-state index in [1.54, 1.807) is 18.7 Å². The number of carbonyl (C=O) groups is 1. The zero-order valence-electron chi connectivity index (χ0n) is 17.5. The van der Waals surface area contributed by atoms with Crippen LogP contribution in [0, 0.1) is 20.8 Å². The van der Waals surface area contributed by atoms with Gasteiger partial charge >= 0.3 is 0 Å². The molecule has 3 rings (SSSR count). The van der Waals surface area contributed by atoms with E-state index in [4.69, 9.17) is 0 Å². The summed E-state index contributed by atoms with van der Waals surface area (Å²) in [6.07, 6.45) is 2.44. The first kappa shape index (κ1) is 22.2. The molecule has 1 amide bonds. The van der Waals surface area contributed by atoms with Crippen LogP contribution in [0.15, 0.2) is 62.2 Å². The molecule has 0 spiro atoms. The van der Waals surface area contributed by atoms with E-state index in [2.05, 4.69) is 47.3 Å². The minimum Gasteiger partial charge on any atom is -0.326 e. The minimum atomic E-state index is -0.174. The molecule has 2 N–H and O–H groups in total. The normalized spacial score (nSPS) is 10.8. The standard InChI is InChI=1S/C23H25N3O2S2/c1-14-5-11-20(15(2)13-14)30-18-8-6-17(7-9-18)25-21(27)12-10-19-16(3)24-23(29-4)26-22(19)28/h5-9,11,13H,10,12H2,1-4H3,(H,25,27)(H,24,26,28). The summed E-state index contributed by atoms with van der Waals surface area (Å²) in [5.41, 5.74) is 4.30. The van der Waals surface area contributed by atoms with Gasteiger partial charge in [0.1, 0.15) is 0 Å². The minimum absolute atomic E-state index is 0.127. The van der Waals surface area contributed by atoms with E-state index in [1.807, 2.05) is 30.5 Å². The van der Waals surface area contributed by atoms with Gasteiger partial charge in [0.15, 0.2) is 5.16 Å². The van der Waals surface area contributed by atoms with Crippen molar-refractivity contribution in [1.29, 1.82) is 0 Å². The summed E-state index contributed by atoms with van der Waals surface area (Å²) in [6, 6.07) is 14.2. The molecule has 0 fully saturated rings. The smallest absolute Gasteiger partial charge is 0.254 e. The summed E-state index contributed by atoms with van der Waals surface area (Å²) in [5, 5.41) is 3.49. The Kier molecular flexibility index (Phi) is 7.39. The summed E-state index contributed by atoms with van der Waals surface area (Å²) in [7, 11) is 0. The first-order valence-electron chi connectivity index (χ1n) is 9.64. The lowest BCUT2D eigenvalue weighted by Gasteiger charge is -2.09. The van der Waals surface area contributed by atoms with Crippen LogP contribution in [0.1, 0.15) is 28.8 Å². The van der Waals surface area contributed by atoms with Gasteiger partial charge in [0, 0.05) is 33.2 Å². The van der Waals surface area contributed by atoms with Crippen molar-refractivity contribution in [2.24, 2.45) is 0 Å². The van der Waals surface area contributed by atoms with Crippen LogP contribution in [0.4, 0.5) is 5.69 Å². The van der Waals surface area contributed by atoms with Crippen LogP contribution in [-0.4, -0.2) is 22.1 Å². The van der Waals surface area contributed by atoms with E-state index < -0.39 is 0 Å². The van der Waals surface area contributed by atoms with Crippen LogP contribution in [0.2, 0.25) is 0 Å². The van der Waals surface area contributed by atoms with E-state index in [9.17, 15) is 9.59 Å². The first-order valence-corrected chi connectivity index (χ1v) is 11.7. The molecule has 0 unspecified atom stereocenters. The highest BCUT2D eigenvalue weighted by atomic mass is 32.2. The number of aromatic amines is 1. The van der Waals surface area contributed by atoms with Gasteiger partial charge in [-0.15, -0.1) is 0 Å². The Bertz CT molecular complexity index is 1110. The van der Waals surface area contributed by atoms with Gasteiger partial charge < -0.3 is 10.3 Å². The van der Waals surface area contributed by atoms with E-state index in [-0.39, 0.29) is 17.9 Å². The highest BCUT2D eigenvalue weighted by molar-refractivity contribution is 7.99. The fourth-order valence-corrected chi connectivity index (χ4v) is 4.39. The van der Waals surface area contributed by atoms with Gasteiger partial charge in [-0.25, -0.2) is 4.98 Å². The molecule has 1 heterocycles. The number of aromatic nitrogens is 2. The predicted molar refractivity (Wildman–Crippen MR) is 125 cm³/mol. The Labute approximate surface area is 185 Å². The van der Waals surface area contributed by atoms with Crippen molar-refractivity contribution >= 4 is 35.1 Å². The molecule has 0 saturated heterocycles. The summed E-state index contributed by atoms with van der Waals surface area (Å²) in [5.74, 6) is -0.127. The van der Waals surface area contributed by atoms with Gasteiger partial charge in [0.05, 0.1) is 0 Å². The summed E-state index contributed by atoms with van der Waals surface area (Å²) in [6.45, 7) is 6.00. The maximum absolute atomic E-state index is 12.3. The largest absolute Gasteiger partial charge is 0.326 e.